The number of hydrogen-bond acceptors (Lipinski definition) is 3. The molecule has 1 amide bonds. The number of amides is 1. The molecule has 1 N–H and O–H groups in total. The van der Waals surface area contributed by atoms with Crippen LogP contribution in [0, 0.1) is 12.8 Å². The van der Waals surface area contributed by atoms with Crippen LogP contribution in [-0.4, -0.2) is 29.1 Å². The van der Waals surface area contributed by atoms with Gasteiger partial charge in [0.25, 0.3) is 0 Å². The van der Waals surface area contributed by atoms with E-state index in [2.05, 4.69) is 4.98 Å². The summed E-state index contributed by atoms with van der Waals surface area (Å²) in [4.78, 5) is 17.4. The predicted octanol–water partition coefficient (Wildman–Crippen LogP) is 1.39. The van der Waals surface area contributed by atoms with Crippen molar-refractivity contribution < 1.29 is 9.90 Å². The van der Waals surface area contributed by atoms with E-state index in [0.29, 0.717) is 23.8 Å². The fourth-order valence-electron chi connectivity index (χ4n) is 1.96. The molecule has 0 aromatic carbocycles. The molecular weight excluding hydrogens is 228 g/mol. The fourth-order valence-corrected chi connectivity index (χ4v) is 2.27. The van der Waals surface area contributed by atoms with Crippen LogP contribution in [0.25, 0.3) is 0 Å². The van der Waals surface area contributed by atoms with Crippen molar-refractivity contribution in [2.45, 2.75) is 13.3 Å². The zero-order valence-electron chi connectivity index (χ0n) is 8.98. The van der Waals surface area contributed by atoms with Crippen molar-refractivity contribution in [2.75, 3.05) is 18.1 Å². The summed E-state index contributed by atoms with van der Waals surface area (Å²) in [5, 5.41) is 9.40. The molecule has 0 aliphatic carbocycles. The van der Waals surface area contributed by atoms with Crippen LogP contribution in [0.4, 0.5) is 5.69 Å². The largest absolute Gasteiger partial charge is 0.396 e. The number of carbonyl (C=O) groups is 1. The van der Waals surface area contributed by atoms with Crippen molar-refractivity contribution in [2.24, 2.45) is 5.92 Å². The first-order valence-corrected chi connectivity index (χ1v) is 5.53. The van der Waals surface area contributed by atoms with Gasteiger partial charge < -0.3 is 10.0 Å². The molecule has 0 radical (unpaired) electrons. The minimum atomic E-state index is -0.00273. The number of hydrogen-bond donors (Lipinski definition) is 1. The quantitative estimate of drug-likeness (QED) is 0.795. The smallest absolute Gasteiger partial charge is 0.227 e. The van der Waals surface area contributed by atoms with E-state index in [1.54, 1.807) is 11.1 Å². The minimum Gasteiger partial charge on any atom is -0.396 e. The van der Waals surface area contributed by atoms with Crippen molar-refractivity contribution in [3.8, 4) is 0 Å². The minimum absolute atomic E-state index is 0.00273. The van der Waals surface area contributed by atoms with Gasteiger partial charge in [0.1, 0.15) is 0 Å². The maximum absolute atomic E-state index is 11.8. The van der Waals surface area contributed by atoms with E-state index in [-0.39, 0.29) is 18.4 Å². The van der Waals surface area contributed by atoms with E-state index < -0.39 is 0 Å². The Bertz CT molecular complexity index is 402. The molecule has 1 aromatic heterocycles. The summed E-state index contributed by atoms with van der Waals surface area (Å²) in [6.45, 7) is 2.43. The molecule has 1 aliphatic rings. The summed E-state index contributed by atoms with van der Waals surface area (Å²) in [6.07, 6.45) is 1.99. The molecule has 0 spiro atoms. The predicted molar refractivity (Wildman–Crippen MR) is 61.5 cm³/mol. The Morgan fingerprint density at radius 3 is 3.00 bits per heavy atom. The number of carbonyl (C=O) groups excluding carboxylic acids is 1. The van der Waals surface area contributed by atoms with Crippen LogP contribution in [0.1, 0.15) is 12.0 Å². The maximum atomic E-state index is 11.8. The Hall–Kier alpha value is -1.13. The zero-order valence-corrected chi connectivity index (χ0v) is 9.74. The van der Waals surface area contributed by atoms with Crippen molar-refractivity contribution in [3.63, 3.8) is 0 Å². The number of aryl methyl sites for hydroxylation is 1. The summed E-state index contributed by atoms with van der Waals surface area (Å²) in [6, 6.07) is 1.82. The highest BCUT2D eigenvalue weighted by atomic mass is 35.5. The van der Waals surface area contributed by atoms with Gasteiger partial charge in [0, 0.05) is 31.7 Å². The van der Waals surface area contributed by atoms with Crippen LogP contribution in [0.5, 0.6) is 0 Å². The number of aliphatic hydroxyl groups is 1. The molecule has 16 heavy (non-hydrogen) atoms. The van der Waals surface area contributed by atoms with Crippen molar-refractivity contribution in [3.05, 3.63) is 23.0 Å². The third-order valence-electron chi connectivity index (χ3n) is 2.81. The Morgan fingerprint density at radius 1 is 1.69 bits per heavy atom. The third kappa shape index (κ3) is 1.90. The van der Waals surface area contributed by atoms with Gasteiger partial charge in [-0.25, -0.2) is 4.98 Å². The van der Waals surface area contributed by atoms with Crippen molar-refractivity contribution in [1.29, 1.82) is 0 Å². The number of anilines is 1. The molecule has 5 heteroatoms. The summed E-state index contributed by atoms with van der Waals surface area (Å²) in [7, 11) is 0. The molecule has 0 bridgehead atoms. The van der Waals surface area contributed by atoms with E-state index in [4.69, 9.17) is 16.7 Å². The second-order valence-electron chi connectivity index (χ2n) is 4.02. The van der Waals surface area contributed by atoms with Gasteiger partial charge in [0.2, 0.25) is 5.91 Å². The maximum Gasteiger partial charge on any atom is 0.227 e. The second kappa shape index (κ2) is 4.39. The number of pyridine rings is 1. The Morgan fingerprint density at radius 2 is 2.44 bits per heavy atom. The number of halogens is 1. The molecular formula is C11H13ClN2O2. The standard InChI is InChI=1S/C11H13ClN2O2/c1-7-2-3-13-11(12)10(7)14-5-8(6-15)4-9(14)16/h2-3,8,15H,4-6H2,1H3. The van der Waals surface area contributed by atoms with E-state index in [1.807, 2.05) is 13.0 Å². The molecule has 1 aliphatic heterocycles. The molecule has 1 saturated heterocycles. The lowest BCUT2D eigenvalue weighted by Gasteiger charge is -2.19. The molecule has 1 aromatic rings. The van der Waals surface area contributed by atoms with E-state index in [9.17, 15) is 4.79 Å². The summed E-state index contributed by atoms with van der Waals surface area (Å²) in [5.74, 6) is 0.000206. The fraction of sp³-hybridized carbons (Fsp3) is 0.455. The molecule has 1 fully saturated rings. The van der Waals surface area contributed by atoms with Crippen LogP contribution < -0.4 is 4.90 Å². The van der Waals surface area contributed by atoms with Gasteiger partial charge in [0.05, 0.1) is 5.69 Å². The molecule has 1 atom stereocenters. The highest BCUT2D eigenvalue weighted by Gasteiger charge is 2.32. The van der Waals surface area contributed by atoms with Gasteiger partial charge >= 0.3 is 0 Å². The van der Waals surface area contributed by atoms with E-state index in [1.165, 1.54) is 0 Å². The SMILES string of the molecule is Cc1ccnc(Cl)c1N1CC(CO)CC1=O. The van der Waals surface area contributed by atoms with Gasteiger partial charge in [-0.3, -0.25) is 4.79 Å². The second-order valence-corrected chi connectivity index (χ2v) is 4.38. The van der Waals surface area contributed by atoms with Gasteiger partial charge in [-0.05, 0) is 18.6 Å². The Kier molecular flexibility index (Phi) is 3.12. The first kappa shape index (κ1) is 11.4. The third-order valence-corrected chi connectivity index (χ3v) is 3.09. The summed E-state index contributed by atoms with van der Waals surface area (Å²) >= 11 is 6.00. The highest BCUT2D eigenvalue weighted by Crippen LogP contribution is 2.32. The van der Waals surface area contributed by atoms with Gasteiger partial charge in [-0.15, -0.1) is 0 Å². The van der Waals surface area contributed by atoms with Gasteiger partial charge in [-0.2, -0.15) is 0 Å². The van der Waals surface area contributed by atoms with E-state index in [0.717, 1.165) is 5.56 Å². The van der Waals surface area contributed by atoms with E-state index >= 15 is 0 Å². The van der Waals surface area contributed by atoms with Crippen molar-refractivity contribution >= 4 is 23.2 Å². The van der Waals surface area contributed by atoms with Gasteiger partial charge in [0.15, 0.2) is 5.15 Å². The molecule has 2 rings (SSSR count). The van der Waals surface area contributed by atoms with Crippen LogP contribution in [-0.2, 0) is 4.79 Å². The number of aromatic nitrogens is 1. The Labute approximate surface area is 98.9 Å². The lowest BCUT2D eigenvalue weighted by molar-refractivity contribution is -0.117. The van der Waals surface area contributed by atoms with Gasteiger partial charge in [-0.1, -0.05) is 11.6 Å². The van der Waals surface area contributed by atoms with Crippen LogP contribution >= 0.6 is 11.6 Å². The normalized spacial score (nSPS) is 20.6. The number of nitrogens with zero attached hydrogens (tertiary/aromatic N) is 2. The zero-order chi connectivity index (χ0) is 11.7. The summed E-state index contributed by atoms with van der Waals surface area (Å²) in [5.41, 5.74) is 1.59. The average molecular weight is 241 g/mol. The molecule has 4 nitrogen and oxygen atoms in total. The average Bonchev–Trinajstić information content (AvgIpc) is 2.60. The molecule has 86 valence electrons. The summed E-state index contributed by atoms with van der Waals surface area (Å²) < 4.78 is 0. The van der Waals surface area contributed by atoms with Crippen LogP contribution in [0.3, 0.4) is 0 Å². The highest BCUT2D eigenvalue weighted by molar-refractivity contribution is 6.32. The Balaban J connectivity index is 2.35. The molecule has 0 saturated carbocycles. The lowest BCUT2D eigenvalue weighted by Crippen LogP contribution is -2.26. The van der Waals surface area contributed by atoms with Crippen LogP contribution in [0.2, 0.25) is 5.15 Å². The molecule has 2 heterocycles. The molecule has 1 unspecified atom stereocenters. The first-order valence-electron chi connectivity index (χ1n) is 5.15. The number of aliphatic hydroxyl groups excluding tert-OH is 1. The monoisotopic (exact) mass is 240 g/mol. The van der Waals surface area contributed by atoms with Crippen LogP contribution in [0.15, 0.2) is 12.3 Å². The number of rotatable bonds is 2. The van der Waals surface area contributed by atoms with Crippen molar-refractivity contribution in [1.82, 2.24) is 4.98 Å². The topological polar surface area (TPSA) is 53.4 Å². The first-order chi connectivity index (χ1) is 7.63. The lowest BCUT2D eigenvalue weighted by atomic mass is 10.1.